The first-order valence-corrected chi connectivity index (χ1v) is 8.03. The Labute approximate surface area is 121 Å². The van der Waals surface area contributed by atoms with Gasteiger partial charge >= 0.3 is 6.18 Å². The Morgan fingerprint density at radius 1 is 1.24 bits per heavy atom. The number of sulfonamides is 1. The molecule has 0 spiro atoms. The molecule has 8 heteroatoms. The fraction of sp³-hybridized carbons (Fsp3) is 0.538. The lowest BCUT2D eigenvalue weighted by Crippen LogP contribution is -2.37. The van der Waals surface area contributed by atoms with E-state index in [0.29, 0.717) is 6.42 Å². The third kappa shape index (κ3) is 4.18. The molecular weight excluding hydrogens is 307 g/mol. The predicted octanol–water partition coefficient (Wildman–Crippen LogP) is 2.14. The van der Waals surface area contributed by atoms with Crippen molar-refractivity contribution in [3.05, 3.63) is 29.8 Å². The molecule has 1 fully saturated rings. The van der Waals surface area contributed by atoms with Crippen molar-refractivity contribution in [2.75, 3.05) is 6.61 Å². The molecule has 21 heavy (non-hydrogen) atoms. The maximum absolute atomic E-state index is 12.4. The predicted molar refractivity (Wildman–Crippen MR) is 70.0 cm³/mol. The van der Waals surface area contributed by atoms with Crippen LogP contribution in [0.25, 0.3) is 0 Å². The summed E-state index contributed by atoms with van der Waals surface area (Å²) in [6, 6.07) is 2.99. The van der Waals surface area contributed by atoms with E-state index in [2.05, 4.69) is 4.72 Å². The molecule has 0 saturated heterocycles. The van der Waals surface area contributed by atoms with Crippen LogP contribution in [-0.2, 0) is 16.2 Å². The molecule has 1 aliphatic carbocycles. The Kier molecular flexibility index (Phi) is 4.60. The summed E-state index contributed by atoms with van der Waals surface area (Å²) in [5, 5.41) is 8.95. The fourth-order valence-corrected chi connectivity index (χ4v) is 3.46. The lowest BCUT2D eigenvalue weighted by Gasteiger charge is -2.17. The maximum Gasteiger partial charge on any atom is 0.416 e. The van der Waals surface area contributed by atoms with Gasteiger partial charge in [-0.15, -0.1) is 0 Å². The Morgan fingerprint density at radius 3 is 2.24 bits per heavy atom. The molecule has 1 saturated carbocycles. The van der Waals surface area contributed by atoms with E-state index in [1.807, 2.05) is 0 Å². The van der Waals surface area contributed by atoms with Crippen LogP contribution < -0.4 is 4.72 Å². The number of hydrogen-bond acceptors (Lipinski definition) is 3. The lowest BCUT2D eigenvalue weighted by molar-refractivity contribution is -0.137. The molecule has 0 bridgehead atoms. The zero-order valence-electron chi connectivity index (χ0n) is 11.1. The van der Waals surface area contributed by atoms with Gasteiger partial charge in [0.25, 0.3) is 0 Å². The van der Waals surface area contributed by atoms with Gasteiger partial charge < -0.3 is 5.11 Å². The number of benzene rings is 1. The van der Waals surface area contributed by atoms with Crippen LogP contribution in [0.5, 0.6) is 0 Å². The lowest BCUT2D eigenvalue weighted by atomic mass is 10.1. The average Bonchev–Trinajstić information content (AvgIpc) is 3.21. The van der Waals surface area contributed by atoms with E-state index in [0.717, 1.165) is 37.1 Å². The quantitative estimate of drug-likeness (QED) is 0.843. The summed E-state index contributed by atoms with van der Waals surface area (Å²) in [7, 11) is -3.88. The highest BCUT2D eigenvalue weighted by molar-refractivity contribution is 7.89. The monoisotopic (exact) mass is 323 g/mol. The highest BCUT2D eigenvalue weighted by atomic mass is 32.2. The van der Waals surface area contributed by atoms with Crippen LogP contribution >= 0.6 is 0 Å². The molecule has 1 aromatic carbocycles. The van der Waals surface area contributed by atoms with Gasteiger partial charge in [-0.2, -0.15) is 13.2 Å². The van der Waals surface area contributed by atoms with Crippen LogP contribution in [0.4, 0.5) is 13.2 Å². The Hall–Kier alpha value is -1.12. The minimum absolute atomic E-state index is 0.142. The van der Waals surface area contributed by atoms with Crippen molar-refractivity contribution in [3.8, 4) is 0 Å². The van der Waals surface area contributed by atoms with Gasteiger partial charge in [0.2, 0.25) is 10.0 Å². The Balaban J connectivity index is 2.15. The summed E-state index contributed by atoms with van der Waals surface area (Å²) in [5.41, 5.74) is -0.893. The second-order valence-corrected chi connectivity index (χ2v) is 6.81. The average molecular weight is 323 g/mol. The van der Waals surface area contributed by atoms with Gasteiger partial charge in [0, 0.05) is 12.6 Å². The third-order valence-electron chi connectivity index (χ3n) is 3.43. The van der Waals surface area contributed by atoms with Crippen LogP contribution in [-0.4, -0.2) is 26.2 Å². The Morgan fingerprint density at radius 2 is 1.81 bits per heavy atom. The number of alkyl halides is 3. The SMILES string of the molecule is O=S(=O)(NC(CCO)C1CC1)c1ccc(C(F)(F)F)cc1. The number of nitrogens with one attached hydrogen (secondary N) is 1. The van der Waals surface area contributed by atoms with Crippen LogP contribution in [0.2, 0.25) is 0 Å². The number of aliphatic hydroxyl groups is 1. The van der Waals surface area contributed by atoms with Crippen LogP contribution in [0.1, 0.15) is 24.8 Å². The number of aliphatic hydroxyl groups excluding tert-OH is 1. The van der Waals surface area contributed by atoms with Gasteiger partial charge in [-0.1, -0.05) is 0 Å². The number of rotatable bonds is 6. The summed E-state index contributed by atoms with van der Waals surface area (Å²) in [4.78, 5) is -0.209. The molecule has 118 valence electrons. The van der Waals surface area contributed by atoms with E-state index in [4.69, 9.17) is 5.11 Å². The zero-order chi connectivity index (χ0) is 15.7. The summed E-state index contributed by atoms with van der Waals surface area (Å²) in [5.74, 6) is 0.196. The smallest absolute Gasteiger partial charge is 0.396 e. The van der Waals surface area contributed by atoms with Crippen molar-refractivity contribution in [1.82, 2.24) is 4.72 Å². The van der Waals surface area contributed by atoms with Crippen molar-refractivity contribution >= 4 is 10.0 Å². The van der Waals surface area contributed by atoms with Crippen LogP contribution in [0, 0.1) is 5.92 Å². The topological polar surface area (TPSA) is 66.4 Å². The van der Waals surface area contributed by atoms with Gasteiger partial charge in [0.1, 0.15) is 0 Å². The summed E-state index contributed by atoms with van der Waals surface area (Å²) >= 11 is 0. The van der Waals surface area contributed by atoms with Gasteiger partial charge in [0.15, 0.2) is 0 Å². The van der Waals surface area contributed by atoms with Crippen LogP contribution in [0.3, 0.4) is 0 Å². The van der Waals surface area contributed by atoms with Gasteiger partial charge in [-0.25, -0.2) is 13.1 Å². The molecule has 1 atom stereocenters. The molecular formula is C13H16F3NO3S. The van der Waals surface area contributed by atoms with Crippen molar-refractivity contribution in [2.45, 2.75) is 36.4 Å². The number of hydrogen-bond donors (Lipinski definition) is 2. The van der Waals surface area contributed by atoms with E-state index in [1.165, 1.54) is 0 Å². The van der Waals surface area contributed by atoms with Crippen molar-refractivity contribution in [3.63, 3.8) is 0 Å². The molecule has 2 rings (SSSR count). The van der Waals surface area contributed by atoms with Gasteiger partial charge in [0.05, 0.1) is 10.5 Å². The van der Waals surface area contributed by atoms with E-state index < -0.39 is 21.8 Å². The minimum atomic E-state index is -4.50. The summed E-state index contributed by atoms with van der Waals surface area (Å²) < 4.78 is 64.1. The standard InChI is InChI=1S/C13H16F3NO3S/c14-13(15,16)10-3-5-11(6-4-10)21(19,20)17-12(7-8-18)9-1-2-9/h3-6,9,12,17-18H,1-2,7-8H2. The summed E-state index contributed by atoms with van der Waals surface area (Å²) in [6.45, 7) is -0.142. The highest BCUT2D eigenvalue weighted by Gasteiger charge is 2.34. The van der Waals surface area contributed by atoms with E-state index in [9.17, 15) is 21.6 Å². The molecule has 0 heterocycles. The van der Waals surface area contributed by atoms with Gasteiger partial charge in [-0.05, 0) is 49.4 Å². The molecule has 0 aromatic heterocycles. The molecule has 4 nitrogen and oxygen atoms in total. The third-order valence-corrected chi connectivity index (χ3v) is 4.94. The first-order valence-electron chi connectivity index (χ1n) is 6.54. The second-order valence-electron chi connectivity index (χ2n) is 5.10. The molecule has 0 aliphatic heterocycles. The first kappa shape index (κ1) is 16.3. The minimum Gasteiger partial charge on any atom is -0.396 e. The van der Waals surface area contributed by atoms with Gasteiger partial charge in [-0.3, -0.25) is 0 Å². The summed E-state index contributed by atoms with van der Waals surface area (Å²) in [6.07, 6.45) is -2.42. The first-order chi connectivity index (χ1) is 9.74. The van der Waals surface area contributed by atoms with E-state index in [-0.39, 0.29) is 23.5 Å². The number of halogens is 3. The van der Waals surface area contributed by atoms with Crippen LogP contribution in [0.15, 0.2) is 29.2 Å². The van der Waals surface area contributed by atoms with E-state index >= 15 is 0 Å². The Bertz CT molecular complexity index is 580. The largest absolute Gasteiger partial charge is 0.416 e. The fourth-order valence-electron chi connectivity index (χ4n) is 2.12. The zero-order valence-corrected chi connectivity index (χ0v) is 11.9. The van der Waals surface area contributed by atoms with E-state index in [1.54, 1.807) is 0 Å². The normalized spacial score (nSPS) is 17.7. The maximum atomic E-state index is 12.4. The van der Waals surface area contributed by atoms with Crippen molar-refractivity contribution in [2.24, 2.45) is 5.92 Å². The molecule has 2 N–H and O–H groups in total. The molecule has 0 radical (unpaired) electrons. The molecule has 1 aliphatic rings. The van der Waals surface area contributed by atoms with Crippen molar-refractivity contribution < 1.29 is 26.7 Å². The molecule has 1 unspecified atom stereocenters. The molecule has 1 aromatic rings. The molecule has 0 amide bonds. The van der Waals surface area contributed by atoms with Crippen molar-refractivity contribution in [1.29, 1.82) is 0 Å². The highest BCUT2D eigenvalue weighted by Crippen LogP contribution is 2.35. The second kappa shape index (κ2) is 5.94.